The third-order valence-corrected chi connectivity index (χ3v) is 6.97. The van der Waals surface area contributed by atoms with E-state index in [9.17, 15) is 14.4 Å². The van der Waals surface area contributed by atoms with Crippen LogP contribution in [0.1, 0.15) is 32.1 Å². The lowest BCUT2D eigenvalue weighted by molar-refractivity contribution is -0.150. The number of nitrogens with one attached hydrogen (secondary N) is 2. The molecule has 2 N–H and O–H groups in total. The largest absolute Gasteiger partial charge is 0.497 e. The van der Waals surface area contributed by atoms with Crippen LogP contribution in [0.2, 0.25) is 0 Å². The summed E-state index contributed by atoms with van der Waals surface area (Å²) in [4.78, 5) is 43.4. The van der Waals surface area contributed by atoms with Crippen LogP contribution in [-0.2, 0) is 23.8 Å². The van der Waals surface area contributed by atoms with Crippen molar-refractivity contribution in [2.45, 2.75) is 55.9 Å². The number of fused-ring (bicyclic) bond motifs is 1. The first-order chi connectivity index (χ1) is 18.3. The number of anilines is 1. The molecule has 2 amide bonds. The maximum atomic E-state index is 12.9. The number of benzene rings is 1. The Morgan fingerprint density at radius 1 is 1.29 bits per heavy atom. The van der Waals surface area contributed by atoms with E-state index in [1.807, 2.05) is 0 Å². The number of hydrogen-bond acceptors (Lipinski definition) is 9. The number of ether oxygens (including phenoxy) is 4. The van der Waals surface area contributed by atoms with E-state index in [-0.39, 0.29) is 31.5 Å². The third-order valence-electron chi connectivity index (χ3n) is 6.67. The van der Waals surface area contributed by atoms with E-state index in [4.69, 9.17) is 37.0 Å². The van der Waals surface area contributed by atoms with Gasteiger partial charge in [0.2, 0.25) is 11.8 Å². The van der Waals surface area contributed by atoms with Gasteiger partial charge in [0.15, 0.2) is 5.50 Å². The number of alkyl carbamates (subject to hydrolysis) is 1. The van der Waals surface area contributed by atoms with E-state index in [0.717, 1.165) is 24.9 Å². The minimum Gasteiger partial charge on any atom is -0.497 e. The van der Waals surface area contributed by atoms with Crippen LogP contribution in [0, 0.1) is 18.3 Å². The second-order valence-corrected chi connectivity index (χ2v) is 9.73. The molecule has 2 fully saturated rings. The Morgan fingerprint density at radius 2 is 2.11 bits per heavy atom. The Balaban J connectivity index is 1.32. The van der Waals surface area contributed by atoms with E-state index in [0.29, 0.717) is 23.8 Å². The molecule has 11 nitrogen and oxygen atoms in total. The lowest BCUT2D eigenvalue weighted by Crippen LogP contribution is -2.46. The Labute approximate surface area is 226 Å². The smallest absolute Gasteiger partial charge is 0.407 e. The van der Waals surface area contributed by atoms with Gasteiger partial charge in [0.05, 0.1) is 32.1 Å². The maximum absolute atomic E-state index is 12.9. The van der Waals surface area contributed by atoms with Crippen molar-refractivity contribution in [1.82, 2.24) is 10.2 Å². The Bertz CT molecular complexity index is 1140. The number of unbranched alkanes of at least 4 members (excludes halogenated alkanes) is 1. The molecule has 12 heteroatoms. The summed E-state index contributed by atoms with van der Waals surface area (Å²) in [5.41, 5.74) is 0.562. The Kier molecular flexibility index (Phi) is 8.84. The highest BCUT2D eigenvalue weighted by molar-refractivity contribution is 6.32. The molecule has 3 aliphatic rings. The molecule has 0 spiro atoms. The molecular formula is C26H31ClN4O7. The molecule has 4 rings (SSSR count). The number of hydrogen-bond donors (Lipinski definition) is 2. The molecule has 1 saturated carbocycles. The number of esters is 1. The van der Waals surface area contributed by atoms with Crippen molar-refractivity contribution in [3.63, 3.8) is 0 Å². The first kappa shape index (κ1) is 27.4. The summed E-state index contributed by atoms with van der Waals surface area (Å²) in [6.45, 7) is -0.246. The van der Waals surface area contributed by atoms with Crippen molar-refractivity contribution in [1.29, 1.82) is 0 Å². The van der Waals surface area contributed by atoms with Crippen LogP contribution in [0.4, 0.5) is 16.2 Å². The molecule has 5 atom stereocenters. The number of rotatable bonds is 9. The average molecular weight is 547 g/mol. The summed E-state index contributed by atoms with van der Waals surface area (Å²) in [6.07, 6.45) is 7.32. The molecular weight excluding hydrogens is 516 g/mol. The van der Waals surface area contributed by atoms with Crippen LogP contribution in [0.15, 0.2) is 23.2 Å². The monoisotopic (exact) mass is 546 g/mol. The Morgan fingerprint density at radius 3 is 2.84 bits per heavy atom. The zero-order valence-corrected chi connectivity index (χ0v) is 22.0. The van der Waals surface area contributed by atoms with E-state index in [1.165, 1.54) is 12.0 Å². The number of likely N-dealkylation sites (tertiary alicyclic amines) is 1. The van der Waals surface area contributed by atoms with Crippen LogP contribution in [-0.4, -0.2) is 79.8 Å². The van der Waals surface area contributed by atoms with Crippen LogP contribution in [0.3, 0.4) is 0 Å². The predicted octanol–water partition coefficient (Wildman–Crippen LogP) is 2.79. The zero-order valence-electron chi connectivity index (χ0n) is 21.3. The van der Waals surface area contributed by atoms with Crippen molar-refractivity contribution in [3.8, 4) is 18.1 Å². The quantitative estimate of drug-likeness (QED) is 0.159. The fraction of sp³-hybridized carbons (Fsp3) is 0.538. The average Bonchev–Trinajstić information content (AvgIpc) is 3.50. The maximum Gasteiger partial charge on any atom is 0.407 e. The normalized spacial score (nSPS) is 25.2. The number of amides is 2. The summed E-state index contributed by atoms with van der Waals surface area (Å²) >= 11 is 6.42. The number of carbonyl (C=O) groups excluding carboxylic acids is 3. The van der Waals surface area contributed by atoms with Gasteiger partial charge in [-0.2, -0.15) is 0 Å². The highest BCUT2D eigenvalue weighted by Crippen LogP contribution is 2.38. The van der Waals surface area contributed by atoms with Crippen molar-refractivity contribution >= 4 is 46.8 Å². The number of nitrogens with zero attached hydrogens (tertiary/aromatic N) is 2. The molecule has 2 heterocycles. The molecule has 0 bridgehead atoms. The summed E-state index contributed by atoms with van der Waals surface area (Å²) in [5, 5.41) is 5.57. The molecule has 1 saturated heterocycles. The highest BCUT2D eigenvalue weighted by atomic mass is 35.5. The lowest BCUT2D eigenvalue weighted by Gasteiger charge is -2.25. The second kappa shape index (κ2) is 12.3. The van der Waals surface area contributed by atoms with Gasteiger partial charge < -0.3 is 34.5 Å². The van der Waals surface area contributed by atoms with Crippen LogP contribution in [0.5, 0.6) is 5.75 Å². The van der Waals surface area contributed by atoms with Gasteiger partial charge in [0.25, 0.3) is 0 Å². The number of halogens is 1. The summed E-state index contributed by atoms with van der Waals surface area (Å²) < 4.78 is 21.5. The standard InChI is InChI=1S/C26H31ClN4O7/c1-4-5-6-7-15-10-21(15)38-26(34)28-13-22(32)31-14-17(12-20(31)25(33)36-3)37-24-23(27)29-18-9-8-16(35-2)11-19(18)30-24/h1,8-9,11,15,17,20-21,23,29H,5-7,10,12-14H2,2-3H3,(H,28,34). The summed E-state index contributed by atoms with van der Waals surface area (Å²) in [6, 6.07) is 4.44. The first-order valence-electron chi connectivity index (χ1n) is 12.4. The minimum absolute atomic E-state index is 0.0861. The van der Waals surface area contributed by atoms with Crippen molar-refractivity contribution < 1.29 is 33.3 Å². The van der Waals surface area contributed by atoms with E-state index < -0.39 is 35.6 Å². The fourth-order valence-corrected chi connectivity index (χ4v) is 4.78. The molecule has 0 aromatic heterocycles. The molecule has 38 heavy (non-hydrogen) atoms. The van der Waals surface area contributed by atoms with Gasteiger partial charge >= 0.3 is 12.1 Å². The van der Waals surface area contributed by atoms with Gasteiger partial charge in [-0.3, -0.25) is 4.79 Å². The van der Waals surface area contributed by atoms with E-state index in [1.54, 1.807) is 25.3 Å². The molecule has 5 unspecified atom stereocenters. The Hall–Kier alpha value is -3.65. The van der Waals surface area contributed by atoms with Gasteiger partial charge in [0, 0.05) is 18.9 Å². The first-order valence-corrected chi connectivity index (χ1v) is 12.9. The molecule has 1 aromatic carbocycles. The zero-order chi connectivity index (χ0) is 27.2. The second-order valence-electron chi connectivity index (χ2n) is 9.29. The molecule has 1 aliphatic carbocycles. The molecule has 2 aliphatic heterocycles. The fourth-order valence-electron chi connectivity index (χ4n) is 4.56. The van der Waals surface area contributed by atoms with E-state index >= 15 is 0 Å². The topological polar surface area (TPSA) is 128 Å². The van der Waals surface area contributed by atoms with Gasteiger partial charge in [-0.05, 0) is 37.3 Å². The number of alkyl halides is 1. The number of terminal acetylenes is 1. The third kappa shape index (κ3) is 6.61. The number of methoxy groups -OCH3 is 2. The van der Waals surface area contributed by atoms with E-state index in [2.05, 4.69) is 21.5 Å². The van der Waals surface area contributed by atoms with Gasteiger partial charge in [-0.15, -0.1) is 12.3 Å². The van der Waals surface area contributed by atoms with Gasteiger partial charge in [0.1, 0.15) is 30.5 Å². The number of aliphatic imine (C=N–C) groups is 1. The van der Waals surface area contributed by atoms with Crippen molar-refractivity contribution in [2.75, 3.05) is 32.6 Å². The molecule has 0 radical (unpaired) electrons. The van der Waals surface area contributed by atoms with Crippen LogP contribution < -0.4 is 15.4 Å². The van der Waals surface area contributed by atoms with Gasteiger partial charge in [-0.25, -0.2) is 14.6 Å². The van der Waals surface area contributed by atoms with Crippen LogP contribution >= 0.6 is 11.6 Å². The number of carbonyl (C=O) groups is 3. The molecule has 204 valence electrons. The summed E-state index contributed by atoms with van der Waals surface area (Å²) in [7, 11) is 2.80. The predicted molar refractivity (Wildman–Crippen MR) is 139 cm³/mol. The minimum atomic E-state index is -0.877. The van der Waals surface area contributed by atoms with Gasteiger partial charge in [-0.1, -0.05) is 11.6 Å². The lowest BCUT2D eigenvalue weighted by atomic mass is 10.2. The summed E-state index contributed by atoms with van der Waals surface area (Å²) in [5.74, 6) is 2.68. The van der Waals surface area contributed by atoms with Crippen LogP contribution in [0.25, 0.3) is 0 Å². The molecule has 1 aromatic rings. The van der Waals surface area contributed by atoms with Crippen molar-refractivity contribution in [3.05, 3.63) is 18.2 Å². The SMILES string of the molecule is C#CCCCC1CC1OC(=O)NCC(=O)N1CC(OC2=Nc3cc(OC)ccc3NC2Cl)CC1C(=O)OC. The highest BCUT2D eigenvalue weighted by Gasteiger charge is 2.43. The van der Waals surface area contributed by atoms with Crippen molar-refractivity contribution in [2.24, 2.45) is 10.9 Å².